The molecule has 3 rings (SSSR count). The normalized spacial score (nSPS) is 21.6. The highest BCUT2D eigenvalue weighted by atomic mass is 16.7. The molecule has 0 aromatic heterocycles. The molecule has 0 saturated carbocycles. The number of rotatable bonds is 2. The third-order valence-corrected chi connectivity index (χ3v) is 3.25. The molecule has 0 unspecified atom stereocenters. The minimum Gasteiger partial charge on any atom is -0.482 e. The number of hydrogen-bond acceptors (Lipinski definition) is 5. The number of hydrogen-bond donors (Lipinski definition) is 2. The zero-order valence-electron chi connectivity index (χ0n) is 11.6. The van der Waals surface area contributed by atoms with Crippen molar-refractivity contribution in [3.63, 3.8) is 0 Å². The van der Waals surface area contributed by atoms with Crippen molar-refractivity contribution in [3.8, 4) is 5.75 Å². The molecule has 1 aromatic carbocycles. The van der Waals surface area contributed by atoms with Gasteiger partial charge in [-0.2, -0.15) is 0 Å². The number of amides is 1. The topological polar surface area (TPSA) is 68.8 Å². The highest BCUT2D eigenvalue weighted by molar-refractivity contribution is 5.96. The summed E-state index contributed by atoms with van der Waals surface area (Å²) in [6, 6.07) is 5.69. The van der Waals surface area contributed by atoms with E-state index in [9.17, 15) is 4.79 Å². The van der Waals surface area contributed by atoms with Crippen LogP contribution < -0.4 is 15.4 Å². The summed E-state index contributed by atoms with van der Waals surface area (Å²) in [6.07, 6.45) is 0. The van der Waals surface area contributed by atoms with E-state index in [0.717, 1.165) is 5.69 Å². The van der Waals surface area contributed by atoms with Crippen LogP contribution in [0, 0.1) is 0 Å². The fourth-order valence-electron chi connectivity index (χ4n) is 2.18. The maximum Gasteiger partial charge on any atom is 0.262 e. The van der Waals surface area contributed by atoms with Gasteiger partial charge in [0.25, 0.3) is 5.91 Å². The predicted molar refractivity (Wildman–Crippen MR) is 74.0 cm³/mol. The molecule has 6 nitrogen and oxygen atoms in total. The van der Waals surface area contributed by atoms with Crippen molar-refractivity contribution in [1.29, 1.82) is 0 Å². The van der Waals surface area contributed by atoms with E-state index in [2.05, 4.69) is 10.6 Å². The lowest BCUT2D eigenvalue weighted by Gasteiger charge is -2.35. The van der Waals surface area contributed by atoms with Crippen LogP contribution in [0.1, 0.15) is 13.8 Å². The van der Waals surface area contributed by atoms with Crippen molar-refractivity contribution in [2.45, 2.75) is 25.7 Å². The molecule has 0 atom stereocenters. The Kier molecular flexibility index (Phi) is 3.27. The summed E-state index contributed by atoms with van der Waals surface area (Å²) in [5.41, 5.74) is 1.58. The van der Waals surface area contributed by atoms with E-state index in [1.807, 2.05) is 32.0 Å². The number of nitrogens with one attached hydrogen (secondary N) is 2. The van der Waals surface area contributed by atoms with Crippen molar-refractivity contribution in [3.05, 3.63) is 18.2 Å². The smallest absolute Gasteiger partial charge is 0.262 e. The van der Waals surface area contributed by atoms with E-state index >= 15 is 0 Å². The maximum atomic E-state index is 11.3. The molecule has 108 valence electrons. The maximum absolute atomic E-state index is 11.3. The van der Waals surface area contributed by atoms with Crippen molar-refractivity contribution in [2.24, 2.45) is 0 Å². The number of fused-ring (bicyclic) bond motifs is 1. The van der Waals surface area contributed by atoms with Crippen molar-refractivity contribution in [2.75, 3.05) is 30.5 Å². The van der Waals surface area contributed by atoms with E-state index in [1.165, 1.54) is 0 Å². The quantitative estimate of drug-likeness (QED) is 0.859. The Hall–Kier alpha value is -1.79. The lowest BCUT2D eigenvalue weighted by Crippen LogP contribution is -2.45. The van der Waals surface area contributed by atoms with E-state index < -0.39 is 5.79 Å². The zero-order valence-corrected chi connectivity index (χ0v) is 11.6. The van der Waals surface area contributed by atoms with Gasteiger partial charge in [-0.15, -0.1) is 0 Å². The number of ether oxygens (including phenoxy) is 3. The second-order valence-electron chi connectivity index (χ2n) is 5.41. The molecule has 0 aliphatic carbocycles. The largest absolute Gasteiger partial charge is 0.482 e. The average molecular weight is 278 g/mol. The predicted octanol–water partition coefficient (Wildman–Crippen LogP) is 1.58. The van der Waals surface area contributed by atoms with Crippen LogP contribution in [0.25, 0.3) is 0 Å². The second kappa shape index (κ2) is 4.96. The van der Waals surface area contributed by atoms with Gasteiger partial charge >= 0.3 is 0 Å². The first-order valence-electron chi connectivity index (χ1n) is 6.63. The summed E-state index contributed by atoms with van der Waals surface area (Å²) in [5, 5.41) is 6.11. The number of carbonyl (C=O) groups is 1. The van der Waals surface area contributed by atoms with Gasteiger partial charge in [0.15, 0.2) is 12.4 Å². The van der Waals surface area contributed by atoms with Crippen LogP contribution in [-0.4, -0.2) is 37.6 Å². The van der Waals surface area contributed by atoms with Crippen LogP contribution in [0.4, 0.5) is 11.4 Å². The summed E-state index contributed by atoms with van der Waals surface area (Å²) < 4.78 is 16.5. The van der Waals surface area contributed by atoms with Crippen LogP contribution in [0.2, 0.25) is 0 Å². The van der Waals surface area contributed by atoms with Gasteiger partial charge in [-0.3, -0.25) is 4.79 Å². The van der Waals surface area contributed by atoms with Gasteiger partial charge in [-0.25, -0.2) is 0 Å². The lowest BCUT2D eigenvalue weighted by atomic mass is 10.2. The van der Waals surface area contributed by atoms with Crippen molar-refractivity contribution < 1.29 is 19.0 Å². The first-order chi connectivity index (χ1) is 9.52. The molecular formula is C14H18N2O4. The third-order valence-electron chi connectivity index (χ3n) is 3.25. The van der Waals surface area contributed by atoms with Gasteiger partial charge in [0.05, 0.1) is 24.9 Å². The molecule has 2 heterocycles. The molecule has 1 saturated heterocycles. The van der Waals surface area contributed by atoms with Crippen LogP contribution >= 0.6 is 0 Å². The summed E-state index contributed by atoms with van der Waals surface area (Å²) in [4.78, 5) is 11.3. The lowest BCUT2D eigenvalue weighted by molar-refractivity contribution is -0.247. The standard InChI is InChI=1S/C14H18N2O4/c1-14(2)19-6-10(7-20-14)15-9-3-4-12-11(5-9)16-13(17)8-18-12/h3-5,10,15H,6-8H2,1-2H3,(H,16,17). The first-order valence-corrected chi connectivity index (χ1v) is 6.63. The SMILES string of the molecule is CC1(C)OCC(Nc2ccc3c(c2)NC(=O)CO3)CO1. The Morgan fingerprint density at radius 3 is 2.80 bits per heavy atom. The fraction of sp³-hybridized carbons (Fsp3) is 0.500. The van der Waals surface area contributed by atoms with E-state index in [1.54, 1.807) is 0 Å². The Morgan fingerprint density at radius 2 is 2.05 bits per heavy atom. The van der Waals surface area contributed by atoms with E-state index in [-0.39, 0.29) is 18.6 Å². The Bertz CT molecular complexity index is 520. The van der Waals surface area contributed by atoms with Crippen molar-refractivity contribution in [1.82, 2.24) is 0 Å². The Labute approximate surface area is 117 Å². The molecule has 2 aliphatic rings. The second-order valence-corrected chi connectivity index (χ2v) is 5.41. The van der Waals surface area contributed by atoms with Crippen LogP contribution in [-0.2, 0) is 14.3 Å². The zero-order chi connectivity index (χ0) is 14.2. The van der Waals surface area contributed by atoms with Gasteiger partial charge in [0, 0.05) is 5.69 Å². The fourth-order valence-corrected chi connectivity index (χ4v) is 2.18. The molecule has 0 bridgehead atoms. The summed E-state index contributed by atoms with van der Waals surface area (Å²) in [7, 11) is 0. The van der Waals surface area contributed by atoms with Crippen LogP contribution in [0.3, 0.4) is 0 Å². The summed E-state index contributed by atoms with van der Waals surface area (Å²) in [5.74, 6) is 0.0312. The summed E-state index contributed by atoms with van der Waals surface area (Å²) in [6.45, 7) is 5.02. The van der Waals surface area contributed by atoms with E-state index in [0.29, 0.717) is 24.7 Å². The molecule has 1 fully saturated rings. The Morgan fingerprint density at radius 1 is 1.30 bits per heavy atom. The van der Waals surface area contributed by atoms with Gasteiger partial charge in [-0.1, -0.05) is 0 Å². The minimum absolute atomic E-state index is 0.0686. The number of carbonyl (C=O) groups excluding carboxylic acids is 1. The van der Waals surface area contributed by atoms with Gasteiger partial charge in [0.1, 0.15) is 5.75 Å². The van der Waals surface area contributed by atoms with Crippen molar-refractivity contribution >= 4 is 17.3 Å². The van der Waals surface area contributed by atoms with E-state index in [4.69, 9.17) is 14.2 Å². The van der Waals surface area contributed by atoms with Gasteiger partial charge in [0.2, 0.25) is 0 Å². The van der Waals surface area contributed by atoms with Gasteiger partial charge < -0.3 is 24.8 Å². The Balaban J connectivity index is 1.67. The molecule has 0 radical (unpaired) electrons. The minimum atomic E-state index is -0.518. The molecular weight excluding hydrogens is 260 g/mol. The highest BCUT2D eigenvalue weighted by Crippen LogP contribution is 2.31. The highest BCUT2D eigenvalue weighted by Gasteiger charge is 2.28. The monoisotopic (exact) mass is 278 g/mol. The van der Waals surface area contributed by atoms with Crippen LogP contribution in [0.15, 0.2) is 18.2 Å². The molecule has 2 aliphatic heterocycles. The third kappa shape index (κ3) is 2.86. The number of anilines is 2. The van der Waals surface area contributed by atoms with Crippen LogP contribution in [0.5, 0.6) is 5.75 Å². The molecule has 0 spiro atoms. The number of benzene rings is 1. The summed E-state index contributed by atoms with van der Waals surface area (Å²) >= 11 is 0. The molecule has 20 heavy (non-hydrogen) atoms. The molecule has 1 aromatic rings. The first kappa shape index (κ1) is 13.2. The average Bonchev–Trinajstić information content (AvgIpc) is 2.41. The molecule has 2 N–H and O–H groups in total. The molecule has 6 heteroatoms. The van der Waals surface area contributed by atoms with Gasteiger partial charge in [-0.05, 0) is 32.0 Å². The molecule has 1 amide bonds.